The van der Waals surface area contributed by atoms with Crippen molar-refractivity contribution in [3.8, 4) is 0 Å². The third-order valence-corrected chi connectivity index (χ3v) is 3.22. The fourth-order valence-electron chi connectivity index (χ4n) is 2.21. The van der Waals surface area contributed by atoms with Gasteiger partial charge in [-0.2, -0.15) is 0 Å². The summed E-state index contributed by atoms with van der Waals surface area (Å²) in [5.41, 5.74) is 2.15. The molecule has 2 rings (SSSR count). The van der Waals surface area contributed by atoms with Crippen molar-refractivity contribution in [2.75, 3.05) is 19.8 Å². The highest BCUT2D eigenvalue weighted by atomic mass is 16.5. The van der Waals surface area contributed by atoms with E-state index in [1.54, 1.807) is 6.08 Å². The maximum absolute atomic E-state index is 5.46. The Morgan fingerprint density at radius 2 is 1.64 bits per heavy atom. The summed E-state index contributed by atoms with van der Waals surface area (Å²) in [5, 5.41) is 0. The van der Waals surface area contributed by atoms with Crippen LogP contribution < -0.4 is 0 Å². The molecule has 0 saturated carbocycles. The molecule has 0 unspecified atom stereocenters. The molecule has 0 aliphatic carbocycles. The van der Waals surface area contributed by atoms with E-state index in [2.05, 4.69) is 33.6 Å². The molecular formula is C18H23N3O. The monoisotopic (exact) mass is 297 g/mol. The predicted molar refractivity (Wildman–Crippen MR) is 88.2 cm³/mol. The SMILES string of the molecule is C=CCOCCCN(Cc1ccccn1)Cc1ccccn1. The van der Waals surface area contributed by atoms with Crippen LogP contribution >= 0.6 is 0 Å². The number of nitrogens with zero attached hydrogens (tertiary/aromatic N) is 3. The number of hydrogen-bond donors (Lipinski definition) is 0. The number of pyridine rings is 2. The van der Waals surface area contributed by atoms with Crippen LogP contribution in [0, 0.1) is 0 Å². The predicted octanol–water partition coefficient (Wildman–Crippen LogP) is 3.07. The van der Waals surface area contributed by atoms with Crippen LogP contribution in [-0.2, 0) is 17.8 Å². The van der Waals surface area contributed by atoms with Crippen LogP contribution in [0.2, 0.25) is 0 Å². The van der Waals surface area contributed by atoms with Crippen LogP contribution in [0.25, 0.3) is 0 Å². The molecule has 0 spiro atoms. The summed E-state index contributed by atoms with van der Waals surface area (Å²) < 4.78 is 5.46. The Morgan fingerprint density at radius 3 is 2.14 bits per heavy atom. The zero-order valence-corrected chi connectivity index (χ0v) is 12.9. The van der Waals surface area contributed by atoms with Crippen molar-refractivity contribution in [2.24, 2.45) is 0 Å². The van der Waals surface area contributed by atoms with Crippen molar-refractivity contribution in [3.05, 3.63) is 72.8 Å². The van der Waals surface area contributed by atoms with Crippen LogP contribution in [-0.4, -0.2) is 34.6 Å². The van der Waals surface area contributed by atoms with Gasteiger partial charge in [0.1, 0.15) is 0 Å². The van der Waals surface area contributed by atoms with E-state index in [1.165, 1.54) is 0 Å². The second-order valence-electron chi connectivity index (χ2n) is 5.07. The summed E-state index contributed by atoms with van der Waals surface area (Å²) in [6, 6.07) is 12.0. The molecule has 4 nitrogen and oxygen atoms in total. The average molecular weight is 297 g/mol. The van der Waals surface area contributed by atoms with E-state index in [0.717, 1.165) is 44.0 Å². The quantitative estimate of drug-likeness (QED) is 0.499. The fraction of sp³-hybridized carbons (Fsp3) is 0.333. The van der Waals surface area contributed by atoms with Crippen LogP contribution in [0.4, 0.5) is 0 Å². The van der Waals surface area contributed by atoms with Crippen molar-refractivity contribution < 1.29 is 4.74 Å². The lowest BCUT2D eigenvalue weighted by atomic mass is 10.2. The van der Waals surface area contributed by atoms with Gasteiger partial charge in [0.15, 0.2) is 0 Å². The minimum atomic E-state index is 0.612. The van der Waals surface area contributed by atoms with Crippen molar-refractivity contribution in [2.45, 2.75) is 19.5 Å². The van der Waals surface area contributed by atoms with Gasteiger partial charge in [0.05, 0.1) is 18.0 Å². The first-order valence-corrected chi connectivity index (χ1v) is 7.59. The van der Waals surface area contributed by atoms with Gasteiger partial charge in [-0.3, -0.25) is 14.9 Å². The molecule has 0 amide bonds. The molecule has 2 aromatic rings. The standard InChI is InChI=1S/C18H23N3O/c1-2-13-22-14-7-12-21(15-17-8-3-5-10-19-17)16-18-9-4-6-11-20-18/h2-6,8-11H,1,7,12-16H2. The maximum atomic E-state index is 5.46. The van der Waals surface area contributed by atoms with Gasteiger partial charge in [-0.15, -0.1) is 6.58 Å². The van der Waals surface area contributed by atoms with Gasteiger partial charge in [0, 0.05) is 38.6 Å². The van der Waals surface area contributed by atoms with Gasteiger partial charge in [-0.05, 0) is 30.7 Å². The molecule has 2 heterocycles. The Labute approximate surface area is 132 Å². The smallest absolute Gasteiger partial charge is 0.0644 e. The summed E-state index contributed by atoms with van der Waals surface area (Å²) in [6.45, 7) is 7.59. The Kier molecular flexibility index (Phi) is 7.29. The lowest BCUT2D eigenvalue weighted by Crippen LogP contribution is -2.25. The van der Waals surface area contributed by atoms with Gasteiger partial charge in [-0.25, -0.2) is 0 Å². The van der Waals surface area contributed by atoms with Crippen molar-refractivity contribution in [1.29, 1.82) is 0 Å². The van der Waals surface area contributed by atoms with Crippen molar-refractivity contribution >= 4 is 0 Å². The minimum absolute atomic E-state index is 0.612. The van der Waals surface area contributed by atoms with Gasteiger partial charge in [0.2, 0.25) is 0 Å². The Hall–Kier alpha value is -2.04. The zero-order chi connectivity index (χ0) is 15.5. The molecule has 0 radical (unpaired) electrons. The molecular weight excluding hydrogens is 274 g/mol. The van der Waals surface area contributed by atoms with E-state index in [-0.39, 0.29) is 0 Å². The first-order valence-electron chi connectivity index (χ1n) is 7.59. The second kappa shape index (κ2) is 9.82. The zero-order valence-electron chi connectivity index (χ0n) is 12.9. The molecule has 0 aliphatic rings. The third-order valence-electron chi connectivity index (χ3n) is 3.22. The molecule has 0 bridgehead atoms. The molecule has 116 valence electrons. The molecule has 0 N–H and O–H groups in total. The van der Waals surface area contributed by atoms with Crippen LogP contribution in [0.1, 0.15) is 17.8 Å². The summed E-state index contributed by atoms with van der Waals surface area (Å²) >= 11 is 0. The molecule has 22 heavy (non-hydrogen) atoms. The van der Waals surface area contributed by atoms with Crippen LogP contribution in [0.5, 0.6) is 0 Å². The maximum Gasteiger partial charge on any atom is 0.0644 e. The molecule has 4 heteroatoms. The van der Waals surface area contributed by atoms with Crippen molar-refractivity contribution in [1.82, 2.24) is 14.9 Å². The fourth-order valence-corrected chi connectivity index (χ4v) is 2.21. The number of hydrogen-bond acceptors (Lipinski definition) is 4. The molecule has 0 saturated heterocycles. The molecule has 2 aromatic heterocycles. The normalized spacial score (nSPS) is 10.8. The number of ether oxygens (including phenoxy) is 1. The van der Waals surface area contributed by atoms with E-state index >= 15 is 0 Å². The van der Waals surface area contributed by atoms with Crippen LogP contribution in [0.3, 0.4) is 0 Å². The summed E-state index contributed by atoms with van der Waals surface area (Å²) in [4.78, 5) is 11.2. The van der Waals surface area contributed by atoms with Gasteiger partial charge < -0.3 is 4.74 Å². The van der Waals surface area contributed by atoms with E-state index in [9.17, 15) is 0 Å². The summed E-state index contributed by atoms with van der Waals surface area (Å²) in [5.74, 6) is 0. The second-order valence-corrected chi connectivity index (χ2v) is 5.07. The van der Waals surface area contributed by atoms with E-state index in [4.69, 9.17) is 4.74 Å². The highest BCUT2D eigenvalue weighted by Crippen LogP contribution is 2.07. The largest absolute Gasteiger partial charge is 0.377 e. The minimum Gasteiger partial charge on any atom is -0.377 e. The molecule has 0 atom stereocenters. The summed E-state index contributed by atoms with van der Waals surface area (Å²) in [7, 11) is 0. The van der Waals surface area contributed by atoms with E-state index in [0.29, 0.717) is 6.61 Å². The summed E-state index contributed by atoms with van der Waals surface area (Å²) in [6.07, 6.45) is 6.43. The topological polar surface area (TPSA) is 38.2 Å². The molecule has 0 aromatic carbocycles. The molecule has 0 aliphatic heterocycles. The van der Waals surface area contributed by atoms with E-state index < -0.39 is 0 Å². The highest BCUT2D eigenvalue weighted by molar-refractivity contribution is 5.06. The first kappa shape index (κ1) is 16.3. The Morgan fingerprint density at radius 1 is 1.00 bits per heavy atom. The Bertz CT molecular complexity index is 489. The van der Waals surface area contributed by atoms with E-state index in [1.807, 2.05) is 36.7 Å². The highest BCUT2D eigenvalue weighted by Gasteiger charge is 2.08. The van der Waals surface area contributed by atoms with Gasteiger partial charge in [0.25, 0.3) is 0 Å². The lowest BCUT2D eigenvalue weighted by molar-refractivity contribution is 0.140. The van der Waals surface area contributed by atoms with Gasteiger partial charge in [-0.1, -0.05) is 18.2 Å². The Balaban J connectivity index is 1.89. The molecule has 0 fully saturated rings. The third kappa shape index (κ3) is 6.16. The average Bonchev–Trinajstić information content (AvgIpc) is 2.56. The number of rotatable bonds is 10. The number of aromatic nitrogens is 2. The first-order chi connectivity index (χ1) is 10.9. The lowest BCUT2D eigenvalue weighted by Gasteiger charge is -2.21. The van der Waals surface area contributed by atoms with Crippen molar-refractivity contribution in [3.63, 3.8) is 0 Å². The van der Waals surface area contributed by atoms with Crippen LogP contribution in [0.15, 0.2) is 61.4 Å². The van der Waals surface area contributed by atoms with Gasteiger partial charge >= 0.3 is 0 Å².